The molecule has 2 aromatic rings. The lowest BCUT2D eigenvalue weighted by Crippen LogP contribution is -2.26. The molecular formula is C14H17BrN4O2S. The Balaban J connectivity index is 1.83. The zero-order valence-electron chi connectivity index (χ0n) is 12.1. The molecule has 1 heterocycles. The van der Waals surface area contributed by atoms with Crippen LogP contribution in [0.4, 0.5) is 0 Å². The third kappa shape index (κ3) is 5.11. The van der Waals surface area contributed by atoms with Gasteiger partial charge in [-0.3, -0.25) is 9.89 Å². The van der Waals surface area contributed by atoms with E-state index in [0.717, 1.165) is 16.5 Å². The van der Waals surface area contributed by atoms with E-state index in [0.29, 0.717) is 29.9 Å². The minimum Gasteiger partial charge on any atom is -0.385 e. The predicted molar refractivity (Wildman–Crippen MR) is 89.7 cm³/mol. The maximum Gasteiger partial charge on any atom is 0.230 e. The van der Waals surface area contributed by atoms with Gasteiger partial charge in [-0.05, 0) is 12.5 Å². The number of nitrogens with zero attached hydrogens (tertiary/aromatic N) is 2. The third-order valence-corrected chi connectivity index (χ3v) is 4.31. The summed E-state index contributed by atoms with van der Waals surface area (Å²) in [5, 5.41) is 10.4. The number of aromatic amines is 1. The normalized spacial score (nSPS) is 10.6. The molecule has 6 nitrogen and oxygen atoms in total. The number of rotatable bonds is 8. The van der Waals surface area contributed by atoms with E-state index >= 15 is 0 Å². The third-order valence-electron chi connectivity index (χ3n) is 2.77. The molecule has 0 saturated heterocycles. The van der Waals surface area contributed by atoms with Crippen molar-refractivity contribution in [2.75, 3.05) is 26.0 Å². The molecule has 0 radical (unpaired) electrons. The predicted octanol–water partition coefficient (Wildman–Crippen LogP) is 2.48. The highest BCUT2D eigenvalue weighted by Gasteiger charge is 2.10. The van der Waals surface area contributed by atoms with Crippen molar-refractivity contribution in [2.24, 2.45) is 0 Å². The van der Waals surface area contributed by atoms with Crippen molar-refractivity contribution in [1.29, 1.82) is 0 Å². The van der Waals surface area contributed by atoms with Gasteiger partial charge in [0.05, 0.1) is 5.75 Å². The van der Waals surface area contributed by atoms with Crippen LogP contribution >= 0.6 is 27.7 Å². The number of nitrogens with one attached hydrogen (secondary N) is 2. The molecule has 0 fully saturated rings. The molecule has 22 heavy (non-hydrogen) atoms. The summed E-state index contributed by atoms with van der Waals surface area (Å²) in [5.74, 6) is 0.934. The summed E-state index contributed by atoms with van der Waals surface area (Å²) < 4.78 is 5.87. The highest BCUT2D eigenvalue weighted by molar-refractivity contribution is 9.10. The molecule has 0 aliphatic carbocycles. The Labute approximate surface area is 141 Å². The summed E-state index contributed by atoms with van der Waals surface area (Å²) in [5.41, 5.74) is 0.936. The van der Waals surface area contributed by atoms with E-state index in [4.69, 9.17) is 4.74 Å². The number of benzene rings is 1. The minimum atomic E-state index is -0.0339. The van der Waals surface area contributed by atoms with Crippen LogP contribution in [0.5, 0.6) is 0 Å². The van der Waals surface area contributed by atoms with Crippen molar-refractivity contribution < 1.29 is 9.53 Å². The lowest BCUT2D eigenvalue weighted by molar-refractivity contribution is -0.118. The summed E-state index contributed by atoms with van der Waals surface area (Å²) in [4.78, 5) is 16.1. The molecule has 0 bridgehead atoms. The maximum atomic E-state index is 11.7. The van der Waals surface area contributed by atoms with Gasteiger partial charge >= 0.3 is 0 Å². The Morgan fingerprint density at radius 2 is 2.27 bits per heavy atom. The topological polar surface area (TPSA) is 79.9 Å². The fraction of sp³-hybridized carbons (Fsp3) is 0.357. The average Bonchev–Trinajstić information content (AvgIpc) is 2.99. The number of H-pyrrole nitrogens is 1. The number of thioether (sulfide) groups is 1. The van der Waals surface area contributed by atoms with Crippen LogP contribution in [-0.2, 0) is 9.53 Å². The van der Waals surface area contributed by atoms with Gasteiger partial charge in [-0.2, -0.15) is 0 Å². The van der Waals surface area contributed by atoms with Gasteiger partial charge in [0.15, 0.2) is 5.82 Å². The molecule has 0 unspecified atom stereocenters. The van der Waals surface area contributed by atoms with E-state index in [1.165, 1.54) is 11.8 Å². The van der Waals surface area contributed by atoms with Crippen LogP contribution in [0.2, 0.25) is 0 Å². The van der Waals surface area contributed by atoms with Crippen molar-refractivity contribution in [3.63, 3.8) is 0 Å². The number of carbonyl (C=O) groups is 1. The number of ether oxygens (including phenoxy) is 1. The zero-order valence-corrected chi connectivity index (χ0v) is 14.5. The van der Waals surface area contributed by atoms with Crippen molar-refractivity contribution in [2.45, 2.75) is 11.6 Å². The van der Waals surface area contributed by atoms with E-state index < -0.39 is 0 Å². The fourth-order valence-corrected chi connectivity index (χ4v) is 2.81. The van der Waals surface area contributed by atoms with Crippen molar-refractivity contribution in [3.05, 3.63) is 28.7 Å². The van der Waals surface area contributed by atoms with Crippen LogP contribution in [-0.4, -0.2) is 47.1 Å². The number of amides is 1. The van der Waals surface area contributed by atoms with Gasteiger partial charge in [0.2, 0.25) is 11.1 Å². The first-order valence-corrected chi connectivity index (χ1v) is 8.54. The molecule has 1 amide bonds. The summed E-state index contributed by atoms with van der Waals surface area (Å²) in [6.45, 7) is 1.26. The monoisotopic (exact) mass is 384 g/mol. The van der Waals surface area contributed by atoms with Gasteiger partial charge in [-0.25, -0.2) is 4.98 Å². The Kier molecular flexibility index (Phi) is 6.88. The van der Waals surface area contributed by atoms with Gasteiger partial charge in [0, 0.05) is 30.3 Å². The molecule has 1 aromatic carbocycles. The second-order valence-corrected chi connectivity index (χ2v) is 6.23. The van der Waals surface area contributed by atoms with E-state index in [9.17, 15) is 4.79 Å². The van der Waals surface area contributed by atoms with Crippen LogP contribution in [0.1, 0.15) is 6.42 Å². The number of hydrogen-bond donors (Lipinski definition) is 2. The van der Waals surface area contributed by atoms with Gasteiger partial charge in [0.1, 0.15) is 0 Å². The van der Waals surface area contributed by atoms with Crippen molar-refractivity contribution in [1.82, 2.24) is 20.5 Å². The molecule has 0 saturated carbocycles. The lowest BCUT2D eigenvalue weighted by atomic mass is 10.2. The smallest absolute Gasteiger partial charge is 0.230 e. The summed E-state index contributed by atoms with van der Waals surface area (Å²) in [6, 6.07) is 7.76. The van der Waals surface area contributed by atoms with Gasteiger partial charge < -0.3 is 10.1 Å². The van der Waals surface area contributed by atoms with Gasteiger partial charge in [-0.1, -0.05) is 45.9 Å². The van der Waals surface area contributed by atoms with Crippen molar-refractivity contribution in [3.8, 4) is 11.4 Å². The van der Waals surface area contributed by atoms with Crippen LogP contribution in [0, 0.1) is 0 Å². The Morgan fingerprint density at radius 3 is 3.05 bits per heavy atom. The second kappa shape index (κ2) is 8.92. The number of carbonyl (C=O) groups excluding carboxylic acids is 1. The first-order valence-electron chi connectivity index (χ1n) is 6.76. The standard InChI is InChI=1S/C14H17BrN4O2S/c1-21-8-4-7-16-12(20)9-22-14-17-13(18-19-14)10-5-2-3-6-11(10)15/h2-3,5-6H,4,7-9H2,1H3,(H,16,20)(H,17,18,19). The van der Waals surface area contributed by atoms with Crippen LogP contribution in [0.25, 0.3) is 11.4 Å². The highest BCUT2D eigenvalue weighted by atomic mass is 79.9. The van der Waals surface area contributed by atoms with Crippen LogP contribution in [0.3, 0.4) is 0 Å². The minimum absolute atomic E-state index is 0.0339. The Morgan fingerprint density at radius 1 is 1.45 bits per heavy atom. The average molecular weight is 385 g/mol. The Hall–Kier alpha value is -1.38. The molecule has 1 aromatic heterocycles. The van der Waals surface area contributed by atoms with Gasteiger partial charge in [0.25, 0.3) is 0 Å². The first kappa shape index (κ1) is 17.0. The summed E-state index contributed by atoms with van der Waals surface area (Å²) in [7, 11) is 1.64. The van der Waals surface area contributed by atoms with E-state index in [1.807, 2.05) is 24.3 Å². The van der Waals surface area contributed by atoms with E-state index in [2.05, 4.69) is 36.4 Å². The van der Waals surface area contributed by atoms with Crippen LogP contribution < -0.4 is 5.32 Å². The number of aromatic nitrogens is 3. The summed E-state index contributed by atoms with van der Waals surface area (Å²) >= 11 is 4.78. The van der Waals surface area contributed by atoms with Crippen molar-refractivity contribution >= 4 is 33.6 Å². The zero-order chi connectivity index (χ0) is 15.8. The Bertz CT molecular complexity index is 620. The molecule has 2 N–H and O–H groups in total. The van der Waals surface area contributed by atoms with E-state index in [1.54, 1.807) is 7.11 Å². The first-order chi connectivity index (χ1) is 10.7. The molecule has 0 aliphatic rings. The largest absolute Gasteiger partial charge is 0.385 e. The second-order valence-electron chi connectivity index (χ2n) is 4.43. The molecule has 2 rings (SSSR count). The number of halogens is 1. The number of methoxy groups -OCH3 is 1. The molecule has 118 valence electrons. The molecule has 0 aliphatic heterocycles. The molecule has 0 atom stereocenters. The summed E-state index contributed by atoms with van der Waals surface area (Å²) in [6.07, 6.45) is 0.805. The quantitative estimate of drug-likeness (QED) is 0.539. The molecule has 8 heteroatoms. The van der Waals surface area contributed by atoms with Crippen LogP contribution in [0.15, 0.2) is 33.9 Å². The molecular weight excluding hydrogens is 368 g/mol. The lowest BCUT2D eigenvalue weighted by Gasteiger charge is -2.03. The van der Waals surface area contributed by atoms with E-state index in [-0.39, 0.29) is 5.91 Å². The molecule has 0 spiro atoms. The maximum absolute atomic E-state index is 11.7. The number of hydrogen-bond acceptors (Lipinski definition) is 5. The fourth-order valence-electron chi connectivity index (χ4n) is 1.71. The SMILES string of the molecule is COCCCNC(=O)CSc1n[nH]c(-c2ccccc2Br)n1. The highest BCUT2D eigenvalue weighted by Crippen LogP contribution is 2.26. The van der Waals surface area contributed by atoms with Gasteiger partial charge in [-0.15, -0.1) is 5.10 Å².